The molecule has 0 unspecified atom stereocenters. The van der Waals surface area contributed by atoms with Crippen LogP contribution in [0.5, 0.6) is 5.75 Å². The third kappa shape index (κ3) is 1.74. The van der Waals surface area contributed by atoms with E-state index in [-0.39, 0.29) is 0 Å². The van der Waals surface area contributed by atoms with Gasteiger partial charge in [0.05, 0.1) is 23.7 Å². The zero-order valence-electron chi connectivity index (χ0n) is 9.14. The maximum absolute atomic E-state index is 5.29. The van der Waals surface area contributed by atoms with E-state index in [1.807, 2.05) is 36.4 Å². The summed E-state index contributed by atoms with van der Waals surface area (Å²) in [5.41, 5.74) is 3.38. The molecule has 84 valence electrons. The van der Waals surface area contributed by atoms with Gasteiger partial charge < -0.3 is 4.74 Å². The molecule has 4 heteroatoms. The summed E-state index contributed by atoms with van der Waals surface area (Å²) in [6, 6.07) is 11.6. The van der Waals surface area contributed by atoms with Gasteiger partial charge in [0.15, 0.2) is 0 Å². The van der Waals surface area contributed by atoms with Crippen LogP contribution in [-0.4, -0.2) is 17.1 Å². The maximum atomic E-state index is 5.29. The van der Waals surface area contributed by atoms with E-state index in [4.69, 9.17) is 4.74 Å². The highest BCUT2D eigenvalue weighted by Gasteiger charge is 2.06. The Morgan fingerprint density at radius 2 is 1.88 bits per heavy atom. The van der Waals surface area contributed by atoms with Crippen molar-refractivity contribution in [2.45, 2.75) is 0 Å². The van der Waals surface area contributed by atoms with E-state index < -0.39 is 0 Å². The van der Waals surface area contributed by atoms with Crippen molar-refractivity contribution in [1.29, 1.82) is 0 Å². The zero-order chi connectivity index (χ0) is 11.8. The van der Waals surface area contributed by atoms with E-state index in [2.05, 4.69) is 25.9 Å². The number of methoxy groups -OCH3 is 1. The van der Waals surface area contributed by atoms with E-state index in [1.54, 1.807) is 7.11 Å². The number of rotatable bonds is 1. The summed E-state index contributed by atoms with van der Waals surface area (Å²) < 4.78 is 6.29. The molecule has 17 heavy (non-hydrogen) atoms. The van der Waals surface area contributed by atoms with Gasteiger partial charge in [0.25, 0.3) is 0 Å². The fourth-order valence-corrected chi connectivity index (χ4v) is 2.16. The van der Waals surface area contributed by atoms with E-state index >= 15 is 0 Å². The van der Waals surface area contributed by atoms with E-state index in [9.17, 15) is 0 Å². The van der Waals surface area contributed by atoms with Crippen LogP contribution in [0.1, 0.15) is 0 Å². The van der Waals surface area contributed by atoms with Crippen molar-refractivity contribution < 1.29 is 4.74 Å². The first-order chi connectivity index (χ1) is 8.28. The molecule has 0 saturated heterocycles. The van der Waals surface area contributed by atoms with Crippen LogP contribution in [-0.2, 0) is 0 Å². The lowest BCUT2D eigenvalue weighted by atomic mass is 10.2. The Kier molecular flexibility index (Phi) is 2.44. The molecule has 0 N–H and O–H groups in total. The SMILES string of the molecule is COc1cccc2nc3cc(Br)ccc3nc12. The van der Waals surface area contributed by atoms with Gasteiger partial charge in [-0.3, -0.25) is 0 Å². The van der Waals surface area contributed by atoms with Crippen LogP contribution in [0.15, 0.2) is 40.9 Å². The van der Waals surface area contributed by atoms with Gasteiger partial charge in [-0.1, -0.05) is 22.0 Å². The maximum Gasteiger partial charge on any atom is 0.146 e. The summed E-state index contributed by atoms with van der Waals surface area (Å²) in [7, 11) is 1.64. The van der Waals surface area contributed by atoms with E-state index in [0.717, 1.165) is 32.3 Å². The van der Waals surface area contributed by atoms with Crippen LogP contribution < -0.4 is 4.74 Å². The third-order valence-electron chi connectivity index (χ3n) is 2.61. The number of hydrogen-bond donors (Lipinski definition) is 0. The van der Waals surface area contributed by atoms with Crippen molar-refractivity contribution in [2.75, 3.05) is 7.11 Å². The Morgan fingerprint density at radius 1 is 1.00 bits per heavy atom. The Bertz CT molecular complexity index is 712. The van der Waals surface area contributed by atoms with E-state index in [1.165, 1.54) is 0 Å². The van der Waals surface area contributed by atoms with Crippen LogP contribution in [0.4, 0.5) is 0 Å². The Hall–Kier alpha value is -1.68. The molecular weight excluding hydrogens is 280 g/mol. The van der Waals surface area contributed by atoms with Crippen LogP contribution in [0.2, 0.25) is 0 Å². The van der Waals surface area contributed by atoms with Gasteiger partial charge in [0.1, 0.15) is 11.3 Å². The lowest BCUT2D eigenvalue weighted by molar-refractivity contribution is 0.419. The molecule has 0 atom stereocenters. The predicted octanol–water partition coefficient (Wildman–Crippen LogP) is 3.55. The van der Waals surface area contributed by atoms with Crippen LogP contribution in [0, 0.1) is 0 Å². The number of ether oxygens (including phenoxy) is 1. The molecule has 3 aromatic rings. The van der Waals surface area contributed by atoms with Gasteiger partial charge in [-0.05, 0) is 30.3 Å². The van der Waals surface area contributed by atoms with Crippen LogP contribution in [0.3, 0.4) is 0 Å². The standard InChI is InChI=1S/C13H9BrN2O/c1-17-12-4-2-3-10-13(12)16-9-6-5-8(14)7-11(9)15-10/h2-7H,1H3. The second-order valence-electron chi connectivity index (χ2n) is 3.68. The summed E-state index contributed by atoms with van der Waals surface area (Å²) in [4.78, 5) is 9.16. The van der Waals surface area contributed by atoms with E-state index in [0.29, 0.717) is 0 Å². The van der Waals surface area contributed by atoms with Crippen LogP contribution in [0.25, 0.3) is 22.1 Å². The molecule has 0 aliphatic heterocycles. The van der Waals surface area contributed by atoms with Crippen molar-refractivity contribution in [3.8, 4) is 5.75 Å². The molecule has 1 heterocycles. The smallest absolute Gasteiger partial charge is 0.146 e. The summed E-state index contributed by atoms with van der Waals surface area (Å²) >= 11 is 3.43. The molecule has 1 aromatic heterocycles. The average molecular weight is 289 g/mol. The monoisotopic (exact) mass is 288 g/mol. The van der Waals surface area contributed by atoms with Crippen molar-refractivity contribution in [2.24, 2.45) is 0 Å². The highest BCUT2D eigenvalue weighted by molar-refractivity contribution is 9.10. The molecule has 0 saturated carbocycles. The van der Waals surface area contributed by atoms with Gasteiger partial charge in [0, 0.05) is 4.47 Å². The molecule has 0 radical (unpaired) electrons. The number of halogens is 1. The highest BCUT2D eigenvalue weighted by Crippen LogP contribution is 2.25. The summed E-state index contributed by atoms with van der Waals surface area (Å²) in [6.07, 6.45) is 0. The normalized spacial score (nSPS) is 10.9. The average Bonchev–Trinajstić information content (AvgIpc) is 2.35. The minimum absolute atomic E-state index is 0.750. The van der Waals surface area contributed by atoms with Crippen LogP contribution >= 0.6 is 15.9 Å². The number of benzene rings is 2. The number of nitrogens with zero attached hydrogens (tertiary/aromatic N) is 2. The quantitative estimate of drug-likeness (QED) is 0.642. The first-order valence-electron chi connectivity index (χ1n) is 5.18. The summed E-state index contributed by atoms with van der Waals surface area (Å²) in [5, 5.41) is 0. The van der Waals surface area contributed by atoms with Gasteiger partial charge in [-0.15, -0.1) is 0 Å². The second-order valence-corrected chi connectivity index (χ2v) is 4.60. The molecule has 0 spiro atoms. The summed E-state index contributed by atoms with van der Waals surface area (Å²) in [6.45, 7) is 0. The molecule has 3 rings (SSSR count). The third-order valence-corrected chi connectivity index (χ3v) is 3.10. The van der Waals surface area contributed by atoms with Crippen molar-refractivity contribution in [3.05, 3.63) is 40.9 Å². The Balaban J connectivity index is 2.43. The Morgan fingerprint density at radius 3 is 2.71 bits per heavy atom. The molecule has 3 nitrogen and oxygen atoms in total. The number of aromatic nitrogens is 2. The molecule has 0 amide bonds. The van der Waals surface area contributed by atoms with Crippen molar-refractivity contribution >= 4 is 38.0 Å². The fraction of sp³-hybridized carbons (Fsp3) is 0.0769. The molecule has 0 fully saturated rings. The zero-order valence-corrected chi connectivity index (χ0v) is 10.7. The fourth-order valence-electron chi connectivity index (χ4n) is 1.81. The number of fused-ring (bicyclic) bond motifs is 2. The Labute approximate surface area is 107 Å². The molecule has 0 bridgehead atoms. The summed E-state index contributed by atoms with van der Waals surface area (Å²) in [5.74, 6) is 0.750. The number of para-hydroxylation sites is 1. The van der Waals surface area contributed by atoms with Gasteiger partial charge in [-0.2, -0.15) is 0 Å². The second kappa shape index (κ2) is 3.96. The first-order valence-corrected chi connectivity index (χ1v) is 5.97. The topological polar surface area (TPSA) is 35.0 Å². The predicted molar refractivity (Wildman–Crippen MR) is 71.3 cm³/mol. The number of hydrogen-bond acceptors (Lipinski definition) is 3. The lowest BCUT2D eigenvalue weighted by Gasteiger charge is -2.05. The largest absolute Gasteiger partial charge is 0.494 e. The lowest BCUT2D eigenvalue weighted by Crippen LogP contribution is -1.91. The first kappa shape index (κ1) is 10.5. The van der Waals surface area contributed by atoms with Gasteiger partial charge in [-0.25, -0.2) is 9.97 Å². The van der Waals surface area contributed by atoms with Gasteiger partial charge >= 0.3 is 0 Å². The molecular formula is C13H9BrN2O. The van der Waals surface area contributed by atoms with Crippen molar-refractivity contribution in [3.63, 3.8) is 0 Å². The molecule has 0 aliphatic rings. The molecule has 2 aromatic carbocycles. The highest BCUT2D eigenvalue weighted by atomic mass is 79.9. The molecule has 0 aliphatic carbocycles. The van der Waals surface area contributed by atoms with Crippen molar-refractivity contribution in [1.82, 2.24) is 9.97 Å². The minimum atomic E-state index is 0.750. The van der Waals surface area contributed by atoms with Gasteiger partial charge in [0.2, 0.25) is 0 Å². The minimum Gasteiger partial charge on any atom is -0.494 e.